The average molecular weight is 433 g/mol. The number of nitrogen functional groups attached to an aromatic ring is 2. The minimum Gasteiger partial charge on any atom is -0.390 e. The zero-order chi connectivity index (χ0) is 22.1. The van der Waals surface area contributed by atoms with Gasteiger partial charge in [-0.1, -0.05) is 19.1 Å². The van der Waals surface area contributed by atoms with Crippen LogP contribution < -0.4 is 16.4 Å². The van der Waals surface area contributed by atoms with Gasteiger partial charge in [-0.15, -0.1) is 0 Å². The molecule has 8 nitrogen and oxygen atoms in total. The van der Waals surface area contributed by atoms with E-state index in [1.807, 2.05) is 12.1 Å². The summed E-state index contributed by atoms with van der Waals surface area (Å²) >= 11 is 0. The SMILES string of the molecule is C[C@H]1[C@@H](c2ccc3ccc(N)nc3c2)[C@H]1[C@H]1C[C@@H](N2CCc3c(N)ncnc32)[C@H](O)[C@@H]1O. The lowest BCUT2D eigenvalue weighted by Crippen LogP contribution is -2.43. The van der Waals surface area contributed by atoms with Crippen LogP contribution in [0.4, 0.5) is 17.5 Å². The number of aliphatic hydroxyl groups excluding tert-OH is 2. The lowest BCUT2D eigenvalue weighted by molar-refractivity contribution is 0.00894. The van der Waals surface area contributed by atoms with Crippen molar-refractivity contribution in [2.75, 3.05) is 22.9 Å². The molecule has 2 saturated carbocycles. The number of rotatable bonds is 3. The Labute approximate surface area is 186 Å². The summed E-state index contributed by atoms with van der Waals surface area (Å²) in [6.07, 6.45) is 1.40. The van der Waals surface area contributed by atoms with Crippen LogP contribution in [0.5, 0.6) is 0 Å². The molecule has 1 aromatic carbocycles. The Hall–Kier alpha value is -2.97. The normalized spacial score (nSPS) is 33.6. The van der Waals surface area contributed by atoms with Crippen molar-refractivity contribution in [1.29, 1.82) is 0 Å². The summed E-state index contributed by atoms with van der Waals surface area (Å²) in [5.41, 5.74) is 15.0. The number of benzene rings is 1. The number of hydrogen-bond donors (Lipinski definition) is 4. The summed E-state index contributed by atoms with van der Waals surface area (Å²) in [5, 5.41) is 23.1. The van der Waals surface area contributed by atoms with Crippen LogP contribution in [-0.4, -0.2) is 50.0 Å². The summed E-state index contributed by atoms with van der Waals surface area (Å²) in [4.78, 5) is 15.1. The first-order chi connectivity index (χ1) is 15.4. The molecular formula is C24H28N6O2. The predicted molar refractivity (Wildman–Crippen MR) is 123 cm³/mol. The summed E-state index contributed by atoms with van der Waals surface area (Å²) in [6, 6.07) is 10.0. The summed E-state index contributed by atoms with van der Waals surface area (Å²) in [5.74, 6) is 2.95. The molecule has 7 atom stereocenters. The van der Waals surface area contributed by atoms with Gasteiger partial charge in [-0.3, -0.25) is 0 Å². The zero-order valence-electron chi connectivity index (χ0n) is 18.0. The van der Waals surface area contributed by atoms with Gasteiger partial charge in [-0.05, 0) is 60.3 Å². The van der Waals surface area contributed by atoms with E-state index in [9.17, 15) is 10.2 Å². The highest BCUT2D eigenvalue weighted by Gasteiger charge is 2.59. The number of aliphatic hydroxyl groups is 2. The van der Waals surface area contributed by atoms with Crippen molar-refractivity contribution in [3.05, 3.63) is 47.8 Å². The highest BCUT2D eigenvalue weighted by Crippen LogP contribution is 2.61. The molecule has 2 aromatic heterocycles. The lowest BCUT2D eigenvalue weighted by atomic mass is 9.95. The fourth-order valence-electron chi connectivity index (χ4n) is 6.33. The molecule has 2 fully saturated rings. The first-order valence-electron chi connectivity index (χ1n) is 11.3. The molecule has 3 aromatic rings. The third-order valence-electron chi connectivity index (χ3n) is 7.99. The van der Waals surface area contributed by atoms with Gasteiger partial charge in [0.1, 0.15) is 29.9 Å². The van der Waals surface area contributed by atoms with Crippen molar-refractivity contribution >= 4 is 28.4 Å². The summed E-state index contributed by atoms with van der Waals surface area (Å²) in [6.45, 7) is 2.97. The van der Waals surface area contributed by atoms with Gasteiger partial charge < -0.3 is 26.6 Å². The van der Waals surface area contributed by atoms with Gasteiger partial charge in [0, 0.05) is 17.5 Å². The van der Waals surface area contributed by atoms with Crippen LogP contribution in [0.25, 0.3) is 10.9 Å². The first kappa shape index (κ1) is 19.7. The second-order valence-electron chi connectivity index (χ2n) is 9.60. The second kappa shape index (κ2) is 7.02. The molecule has 0 radical (unpaired) electrons. The van der Waals surface area contributed by atoms with Gasteiger partial charge in [-0.2, -0.15) is 0 Å². The molecular weight excluding hydrogens is 404 g/mol. The summed E-state index contributed by atoms with van der Waals surface area (Å²) in [7, 11) is 0. The molecule has 6 N–H and O–H groups in total. The minimum atomic E-state index is -0.811. The van der Waals surface area contributed by atoms with Crippen molar-refractivity contribution in [3.8, 4) is 0 Å². The predicted octanol–water partition coefficient (Wildman–Crippen LogP) is 1.71. The molecule has 0 spiro atoms. The monoisotopic (exact) mass is 432 g/mol. The fraction of sp³-hybridized carbons (Fsp3) is 0.458. The summed E-state index contributed by atoms with van der Waals surface area (Å²) < 4.78 is 0. The van der Waals surface area contributed by atoms with Gasteiger partial charge in [0.15, 0.2) is 0 Å². The van der Waals surface area contributed by atoms with E-state index in [1.54, 1.807) is 0 Å². The van der Waals surface area contributed by atoms with Crippen LogP contribution in [0.3, 0.4) is 0 Å². The minimum absolute atomic E-state index is 0.0303. The van der Waals surface area contributed by atoms with Crippen molar-refractivity contribution in [2.45, 2.75) is 43.9 Å². The lowest BCUT2D eigenvalue weighted by Gasteiger charge is -2.28. The van der Waals surface area contributed by atoms with Crippen LogP contribution in [-0.2, 0) is 6.42 Å². The second-order valence-corrected chi connectivity index (χ2v) is 9.60. The molecule has 0 bridgehead atoms. The van der Waals surface area contributed by atoms with E-state index in [1.165, 1.54) is 11.9 Å². The zero-order valence-corrected chi connectivity index (χ0v) is 18.0. The van der Waals surface area contributed by atoms with Crippen LogP contribution in [0.1, 0.15) is 30.4 Å². The van der Waals surface area contributed by atoms with E-state index in [0.717, 1.165) is 41.7 Å². The number of pyridine rings is 1. The third kappa shape index (κ3) is 2.86. The Balaban J connectivity index is 1.25. The largest absolute Gasteiger partial charge is 0.390 e. The topological polar surface area (TPSA) is 134 Å². The maximum absolute atomic E-state index is 11.0. The third-order valence-corrected chi connectivity index (χ3v) is 7.99. The molecule has 0 unspecified atom stereocenters. The quantitative estimate of drug-likeness (QED) is 0.491. The van der Waals surface area contributed by atoms with E-state index in [4.69, 9.17) is 11.5 Å². The molecule has 1 aliphatic heterocycles. The average Bonchev–Trinajstić information content (AvgIpc) is 3.11. The molecule has 3 aliphatic rings. The number of nitrogens with two attached hydrogens (primary N) is 2. The van der Waals surface area contributed by atoms with Gasteiger partial charge in [-0.25, -0.2) is 15.0 Å². The molecule has 0 saturated heterocycles. The van der Waals surface area contributed by atoms with E-state index in [-0.39, 0.29) is 12.0 Å². The highest BCUT2D eigenvalue weighted by atomic mass is 16.3. The van der Waals surface area contributed by atoms with E-state index in [2.05, 4.69) is 45.0 Å². The molecule has 2 aliphatic carbocycles. The van der Waals surface area contributed by atoms with E-state index < -0.39 is 12.2 Å². The maximum atomic E-state index is 11.0. The van der Waals surface area contributed by atoms with Crippen LogP contribution >= 0.6 is 0 Å². The Kier molecular flexibility index (Phi) is 4.32. The number of fused-ring (bicyclic) bond motifs is 2. The van der Waals surface area contributed by atoms with Gasteiger partial charge in [0.05, 0.1) is 17.7 Å². The maximum Gasteiger partial charge on any atom is 0.137 e. The van der Waals surface area contributed by atoms with E-state index >= 15 is 0 Å². The Morgan fingerprint density at radius 2 is 1.88 bits per heavy atom. The number of anilines is 3. The standard InChI is InChI=1S/C24H28N6O2/c1-11-19(13-3-2-12-4-5-18(25)29-16(12)8-13)20(11)15-9-17(22(32)21(15)31)30-7-6-14-23(26)27-10-28-24(14)30/h2-5,8,10-11,15,17,19-22,31-32H,6-7,9H2,1H3,(H2,25,29)(H2,26,27,28)/t11-,15+,17+,19-,20+,21+,22-/m0/s1. The van der Waals surface area contributed by atoms with E-state index in [0.29, 0.717) is 29.4 Å². The van der Waals surface area contributed by atoms with Crippen molar-refractivity contribution in [1.82, 2.24) is 15.0 Å². The van der Waals surface area contributed by atoms with Gasteiger partial charge in [0.25, 0.3) is 0 Å². The van der Waals surface area contributed by atoms with Gasteiger partial charge >= 0.3 is 0 Å². The number of aromatic nitrogens is 3. The van der Waals surface area contributed by atoms with Gasteiger partial charge in [0.2, 0.25) is 0 Å². The van der Waals surface area contributed by atoms with Crippen LogP contribution in [0, 0.1) is 17.8 Å². The Morgan fingerprint density at radius 3 is 2.72 bits per heavy atom. The molecule has 6 rings (SSSR count). The van der Waals surface area contributed by atoms with Crippen molar-refractivity contribution < 1.29 is 10.2 Å². The molecule has 166 valence electrons. The smallest absolute Gasteiger partial charge is 0.137 e. The number of nitrogens with zero attached hydrogens (tertiary/aromatic N) is 4. The van der Waals surface area contributed by atoms with Crippen LogP contribution in [0.15, 0.2) is 36.7 Å². The number of hydrogen-bond acceptors (Lipinski definition) is 8. The fourth-order valence-corrected chi connectivity index (χ4v) is 6.33. The molecule has 3 heterocycles. The molecule has 8 heteroatoms. The van der Waals surface area contributed by atoms with Crippen molar-refractivity contribution in [3.63, 3.8) is 0 Å². The van der Waals surface area contributed by atoms with Crippen LogP contribution in [0.2, 0.25) is 0 Å². The Morgan fingerprint density at radius 1 is 1.06 bits per heavy atom. The molecule has 32 heavy (non-hydrogen) atoms. The molecule has 0 amide bonds. The highest BCUT2D eigenvalue weighted by molar-refractivity contribution is 5.81. The first-order valence-corrected chi connectivity index (χ1v) is 11.3. The Bertz CT molecular complexity index is 1200. The van der Waals surface area contributed by atoms with Crippen molar-refractivity contribution in [2.24, 2.45) is 17.8 Å².